The van der Waals surface area contributed by atoms with Crippen molar-refractivity contribution in [3.63, 3.8) is 0 Å². The molecule has 1 aromatic rings. The zero-order valence-electron chi connectivity index (χ0n) is 14.5. The second-order valence-corrected chi connectivity index (χ2v) is 8.42. The van der Waals surface area contributed by atoms with Crippen LogP contribution in [-0.4, -0.2) is 23.6 Å². The van der Waals surface area contributed by atoms with Gasteiger partial charge in [0, 0.05) is 5.54 Å². The Morgan fingerprint density at radius 3 is 2.62 bits per heavy atom. The van der Waals surface area contributed by atoms with Crippen LogP contribution in [0.3, 0.4) is 0 Å². The summed E-state index contributed by atoms with van der Waals surface area (Å²) in [7, 11) is 0. The highest BCUT2D eigenvalue weighted by Gasteiger charge is 2.14. The molecule has 0 spiro atoms. The van der Waals surface area contributed by atoms with Crippen LogP contribution in [0.5, 0.6) is 0 Å². The molecule has 2 heteroatoms. The summed E-state index contributed by atoms with van der Waals surface area (Å²) in [6.45, 7) is 12.3. The van der Waals surface area contributed by atoms with Crippen LogP contribution in [0.1, 0.15) is 51.7 Å². The van der Waals surface area contributed by atoms with Crippen molar-refractivity contribution < 1.29 is 0 Å². The molecule has 1 atom stereocenters. The predicted octanol–water partition coefficient (Wildman–Crippen LogP) is 5.08. The van der Waals surface area contributed by atoms with Crippen LogP contribution < -0.4 is 5.32 Å². The Bertz CT molecular complexity index is 395. The Hall–Kier alpha value is -0.470. The van der Waals surface area contributed by atoms with Crippen molar-refractivity contribution in [2.24, 2.45) is 5.92 Å². The van der Waals surface area contributed by atoms with Gasteiger partial charge >= 0.3 is 0 Å². The molecule has 1 aromatic carbocycles. The van der Waals surface area contributed by atoms with Gasteiger partial charge in [0.2, 0.25) is 0 Å². The second-order valence-electron chi connectivity index (χ2n) is 7.03. The molecular formula is C19H33NS. The molecular weight excluding hydrogens is 274 g/mol. The smallest absolute Gasteiger partial charge is 0.00966 e. The van der Waals surface area contributed by atoms with E-state index < -0.39 is 0 Å². The summed E-state index contributed by atoms with van der Waals surface area (Å²) in [5.41, 5.74) is 3.07. The van der Waals surface area contributed by atoms with Gasteiger partial charge in [-0.3, -0.25) is 0 Å². The Morgan fingerprint density at radius 1 is 1.24 bits per heavy atom. The molecule has 0 radical (unpaired) electrons. The van der Waals surface area contributed by atoms with E-state index in [1.54, 1.807) is 0 Å². The molecule has 0 amide bonds. The Morgan fingerprint density at radius 2 is 2.00 bits per heavy atom. The standard InChI is InChI=1S/C19H33NS/c1-6-21-12-8-11-18(15-20-19(3,4)5)14-17-10-7-9-16(2)13-17/h7,9-10,13,18,20H,6,8,11-12,14-15H2,1-5H3. The van der Waals surface area contributed by atoms with Gasteiger partial charge in [-0.25, -0.2) is 0 Å². The maximum atomic E-state index is 3.69. The Labute approximate surface area is 136 Å². The van der Waals surface area contributed by atoms with Gasteiger partial charge in [-0.2, -0.15) is 11.8 Å². The zero-order chi connectivity index (χ0) is 15.7. The first-order chi connectivity index (χ1) is 9.90. The molecule has 0 saturated heterocycles. The Balaban J connectivity index is 2.53. The third kappa shape index (κ3) is 9.21. The van der Waals surface area contributed by atoms with E-state index in [1.165, 1.54) is 41.9 Å². The van der Waals surface area contributed by atoms with E-state index >= 15 is 0 Å². The second kappa shape index (κ2) is 9.53. The van der Waals surface area contributed by atoms with Crippen molar-refractivity contribution in [3.05, 3.63) is 35.4 Å². The molecule has 0 fully saturated rings. The molecule has 1 nitrogen and oxygen atoms in total. The first-order valence-corrected chi connectivity index (χ1v) is 9.44. The van der Waals surface area contributed by atoms with Crippen LogP contribution in [0.2, 0.25) is 0 Å². The fourth-order valence-corrected chi connectivity index (χ4v) is 3.18. The molecule has 0 heterocycles. The highest BCUT2D eigenvalue weighted by molar-refractivity contribution is 7.99. The number of nitrogens with one attached hydrogen (secondary N) is 1. The number of benzene rings is 1. The van der Waals surface area contributed by atoms with Gasteiger partial charge in [0.25, 0.3) is 0 Å². The summed E-state index contributed by atoms with van der Waals surface area (Å²) in [5.74, 6) is 3.28. The van der Waals surface area contributed by atoms with Crippen molar-refractivity contribution in [1.29, 1.82) is 0 Å². The normalized spacial score (nSPS) is 13.4. The van der Waals surface area contributed by atoms with E-state index in [-0.39, 0.29) is 5.54 Å². The fourth-order valence-electron chi connectivity index (χ4n) is 2.52. The van der Waals surface area contributed by atoms with Crippen molar-refractivity contribution in [2.45, 2.75) is 59.4 Å². The van der Waals surface area contributed by atoms with Gasteiger partial charge in [0.05, 0.1) is 0 Å². The minimum absolute atomic E-state index is 0.211. The topological polar surface area (TPSA) is 12.0 Å². The zero-order valence-corrected chi connectivity index (χ0v) is 15.4. The molecule has 0 bridgehead atoms. The van der Waals surface area contributed by atoms with Gasteiger partial charge in [0.15, 0.2) is 0 Å². The van der Waals surface area contributed by atoms with Crippen molar-refractivity contribution in [1.82, 2.24) is 5.32 Å². The van der Waals surface area contributed by atoms with E-state index in [2.05, 4.69) is 76.0 Å². The lowest BCUT2D eigenvalue weighted by molar-refractivity contribution is 0.355. The summed E-state index contributed by atoms with van der Waals surface area (Å²) in [6.07, 6.45) is 3.85. The van der Waals surface area contributed by atoms with Crippen molar-refractivity contribution in [2.75, 3.05) is 18.1 Å². The van der Waals surface area contributed by atoms with Gasteiger partial charge in [-0.1, -0.05) is 36.8 Å². The highest BCUT2D eigenvalue weighted by atomic mass is 32.2. The molecule has 0 aliphatic rings. The summed E-state index contributed by atoms with van der Waals surface area (Å²) in [4.78, 5) is 0. The lowest BCUT2D eigenvalue weighted by Crippen LogP contribution is -2.39. The summed E-state index contributed by atoms with van der Waals surface area (Å²) < 4.78 is 0. The van der Waals surface area contributed by atoms with Crippen molar-refractivity contribution in [3.8, 4) is 0 Å². The fraction of sp³-hybridized carbons (Fsp3) is 0.684. The van der Waals surface area contributed by atoms with Crippen LogP contribution in [0.25, 0.3) is 0 Å². The molecule has 21 heavy (non-hydrogen) atoms. The summed E-state index contributed by atoms with van der Waals surface area (Å²) in [5, 5.41) is 3.69. The average Bonchev–Trinajstić information content (AvgIpc) is 2.40. The molecule has 1 rings (SSSR count). The van der Waals surface area contributed by atoms with Crippen LogP contribution in [0.4, 0.5) is 0 Å². The molecule has 0 aromatic heterocycles. The number of thioether (sulfide) groups is 1. The van der Waals surface area contributed by atoms with E-state index in [9.17, 15) is 0 Å². The third-order valence-electron chi connectivity index (χ3n) is 3.63. The molecule has 0 aliphatic carbocycles. The molecule has 0 saturated carbocycles. The molecule has 1 unspecified atom stereocenters. The van der Waals surface area contributed by atoms with E-state index in [0.29, 0.717) is 0 Å². The maximum Gasteiger partial charge on any atom is 0.00966 e. The Kier molecular flexibility index (Phi) is 8.43. The van der Waals surface area contributed by atoms with E-state index in [4.69, 9.17) is 0 Å². The number of hydrogen-bond acceptors (Lipinski definition) is 2. The van der Waals surface area contributed by atoms with Gasteiger partial charge in [0.1, 0.15) is 0 Å². The predicted molar refractivity (Wildman–Crippen MR) is 98.4 cm³/mol. The lowest BCUT2D eigenvalue weighted by atomic mass is 9.93. The van der Waals surface area contributed by atoms with Crippen LogP contribution >= 0.6 is 11.8 Å². The minimum Gasteiger partial charge on any atom is -0.312 e. The van der Waals surface area contributed by atoms with E-state index in [0.717, 1.165) is 12.5 Å². The first-order valence-electron chi connectivity index (χ1n) is 8.29. The number of aryl methyl sites for hydroxylation is 1. The minimum atomic E-state index is 0.211. The highest BCUT2D eigenvalue weighted by Crippen LogP contribution is 2.17. The van der Waals surface area contributed by atoms with Crippen molar-refractivity contribution >= 4 is 11.8 Å². The SMILES string of the molecule is CCSCCCC(CNC(C)(C)C)Cc1cccc(C)c1. The van der Waals surface area contributed by atoms with Crippen LogP contribution in [0.15, 0.2) is 24.3 Å². The van der Waals surface area contributed by atoms with Crippen LogP contribution in [-0.2, 0) is 6.42 Å². The monoisotopic (exact) mass is 307 g/mol. The summed E-state index contributed by atoms with van der Waals surface area (Å²) >= 11 is 2.06. The van der Waals surface area contributed by atoms with E-state index in [1.807, 2.05) is 0 Å². The van der Waals surface area contributed by atoms with Crippen LogP contribution in [0, 0.1) is 12.8 Å². The molecule has 0 aliphatic heterocycles. The molecule has 120 valence electrons. The lowest BCUT2D eigenvalue weighted by Gasteiger charge is -2.25. The third-order valence-corrected chi connectivity index (χ3v) is 4.62. The van der Waals surface area contributed by atoms with Gasteiger partial charge < -0.3 is 5.32 Å². The van der Waals surface area contributed by atoms with Gasteiger partial charge in [-0.15, -0.1) is 0 Å². The largest absolute Gasteiger partial charge is 0.312 e. The maximum absolute atomic E-state index is 3.69. The van der Waals surface area contributed by atoms with Gasteiger partial charge in [-0.05, 0) is 76.5 Å². The number of hydrogen-bond donors (Lipinski definition) is 1. The first kappa shape index (κ1) is 18.6. The number of rotatable bonds is 9. The average molecular weight is 308 g/mol. The molecule has 1 N–H and O–H groups in total. The quantitative estimate of drug-likeness (QED) is 0.639. The summed E-state index contributed by atoms with van der Waals surface area (Å²) in [6, 6.07) is 8.98.